The largest absolute Gasteiger partial charge is 0.328 e. The zero-order valence-electron chi connectivity index (χ0n) is 11.4. The predicted molar refractivity (Wildman–Crippen MR) is 76.7 cm³/mol. The van der Waals surface area contributed by atoms with Crippen molar-refractivity contribution in [1.82, 2.24) is 4.31 Å². The highest BCUT2D eigenvalue weighted by Crippen LogP contribution is 2.30. The van der Waals surface area contributed by atoms with Crippen molar-refractivity contribution in [2.45, 2.75) is 43.7 Å². The maximum absolute atomic E-state index is 13.4. The molecular formula is C13H18ClFN2O2S. The Kier molecular flexibility index (Phi) is 4.39. The molecule has 0 unspecified atom stereocenters. The van der Waals surface area contributed by atoms with Crippen LogP contribution in [0, 0.1) is 12.7 Å². The molecule has 1 aliphatic rings. The number of halogens is 2. The molecule has 0 radical (unpaired) electrons. The van der Waals surface area contributed by atoms with Crippen molar-refractivity contribution in [2.75, 3.05) is 6.54 Å². The average molecular weight is 321 g/mol. The molecule has 1 heterocycles. The fourth-order valence-electron chi connectivity index (χ4n) is 2.50. The Morgan fingerprint density at radius 1 is 1.45 bits per heavy atom. The fourth-order valence-corrected chi connectivity index (χ4v) is 4.73. The minimum atomic E-state index is -3.73. The lowest BCUT2D eigenvalue weighted by molar-refractivity contribution is 0.247. The van der Waals surface area contributed by atoms with Gasteiger partial charge in [0.15, 0.2) is 0 Å². The smallest absolute Gasteiger partial charge is 0.244 e. The van der Waals surface area contributed by atoms with Gasteiger partial charge in [-0.05, 0) is 44.4 Å². The molecule has 1 aromatic rings. The molecule has 1 aliphatic heterocycles. The molecule has 0 aliphatic carbocycles. The summed E-state index contributed by atoms with van der Waals surface area (Å²) < 4.78 is 40.1. The zero-order chi connectivity index (χ0) is 15.1. The quantitative estimate of drug-likeness (QED) is 0.909. The van der Waals surface area contributed by atoms with Crippen molar-refractivity contribution in [3.05, 3.63) is 28.5 Å². The van der Waals surface area contributed by atoms with Gasteiger partial charge < -0.3 is 5.73 Å². The first-order valence-electron chi connectivity index (χ1n) is 6.46. The van der Waals surface area contributed by atoms with Gasteiger partial charge in [0.05, 0.1) is 5.02 Å². The summed E-state index contributed by atoms with van der Waals surface area (Å²) in [7, 11) is -3.73. The lowest BCUT2D eigenvalue weighted by Crippen LogP contribution is -2.48. The van der Waals surface area contributed by atoms with Gasteiger partial charge in [0.1, 0.15) is 10.7 Å². The Morgan fingerprint density at radius 2 is 2.10 bits per heavy atom. The number of hydrogen-bond acceptors (Lipinski definition) is 3. The van der Waals surface area contributed by atoms with E-state index in [1.165, 1.54) is 17.3 Å². The van der Waals surface area contributed by atoms with Gasteiger partial charge in [0.25, 0.3) is 0 Å². The summed E-state index contributed by atoms with van der Waals surface area (Å²) in [5.74, 6) is -0.511. The summed E-state index contributed by atoms with van der Waals surface area (Å²) in [5.41, 5.74) is 6.10. The second-order valence-corrected chi connectivity index (χ2v) is 7.55. The summed E-state index contributed by atoms with van der Waals surface area (Å²) in [6, 6.07) is 2.16. The third-order valence-corrected chi connectivity index (χ3v) is 6.13. The minimum absolute atomic E-state index is 0.0156. The van der Waals surface area contributed by atoms with Crippen molar-refractivity contribution in [3.63, 3.8) is 0 Å². The first kappa shape index (κ1) is 15.7. The molecule has 0 amide bonds. The molecule has 0 aromatic heterocycles. The van der Waals surface area contributed by atoms with Crippen molar-refractivity contribution < 1.29 is 12.8 Å². The van der Waals surface area contributed by atoms with Crippen molar-refractivity contribution in [2.24, 2.45) is 5.73 Å². The van der Waals surface area contributed by atoms with Crippen molar-refractivity contribution in [3.8, 4) is 0 Å². The summed E-state index contributed by atoms with van der Waals surface area (Å²) in [4.78, 5) is -0.0413. The van der Waals surface area contributed by atoms with Crippen LogP contribution in [0.15, 0.2) is 17.0 Å². The van der Waals surface area contributed by atoms with Crippen molar-refractivity contribution >= 4 is 21.6 Å². The summed E-state index contributed by atoms with van der Waals surface area (Å²) in [6.45, 7) is 3.69. The lowest BCUT2D eigenvalue weighted by atomic mass is 10.0. The predicted octanol–water partition coefficient (Wildman–Crippen LogP) is 2.29. The van der Waals surface area contributed by atoms with Gasteiger partial charge in [-0.1, -0.05) is 11.6 Å². The molecule has 0 saturated carbocycles. The molecule has 7 heteroatoms. The summed E-state index contributed by atoms with van der Waals surface area (Å²) in [6.07, 6.45) is 1.22. The molecule has 112 valence electrons. The lowest BCUT2D eigenvalue weighted by Gasteiger charge is -2.35. The van der Waals surface area contributed by atoms with Crippen LogP contribution >= 0.6 is 11.6 Å². The Labute approximate surface area is 123 Å². The first-order chi connectivity index (χ1) is 9.23. The van der Waals surface area contributed by atoms with Crippen molar-refractivity contribution in [1.29, 1.82) is 0 Å². The third kappa shape index (κ3) is 2.83. The van der Waals surface area contributed by atoms with Gasteiger partial charge in [-0.2, -0.15) is 4.31 Å². The van der Waals surface area contributed by atoms with Gasteiger partial charge in [0, 0.05) is 18.6 Å². The number of benzene rings is 1. The summed E-state index contributed by atoms with van der Waals surface area (Å²) in [5, 5.41) is -0.0878. The van der Waals surface area contributed by atoms with E-state index in [2.05, 4.69) is 0 Å². The van der Waals surface area contributed by atoms with Crippen LogP contribution in [0.4, 0.5) is 4.39 Å². The number of hydrogen-bond donors (Lipinski definition) is 1. The fraction of sp³-hybridized carbons (Fsp3) is 0.538. The highest BCUT2D eigenvalue weighted by molar-refractivity contribution is 7.89. The van der Waals surface area contributed by atoms with Gasteiger partial charge in [0.2, 0.25) is 10.0 Å². The number of aryl methyl sites for hydroxylation is 1. The highest BCUT2D eigenvalue weighted by Gasteiger charge is 2.34. The SMILES string of the molecule is Cc1cc(S(=O)(=O)N2CC[C@@H](N)C[C@@H]2C)c(Cl)cc1F. The second kappa shape index (κ2) is 5.60. The van der Waals surface area contributed by atoms with E-state index in [9.17, 15) is 12.8 Å². The van der Waals surface area contributed by atoms with E-state index in [-0.39, 0.29) is 27.6 Å². The monoisotopic (exact) mass is 320 g/mol. The van der Waals surface area contributed by atoms with Crippen LogP contribution in [0.25, 0.3) is 0 Å². The molecule has 4 nitrogen and oxygen atoms in total. The molecule has 0 bridgehead atoms. The Hall–Kier alpha value is -0.690. The molecular weight excluding hydrogens is 303 g/mol. The molecule has 1 aromatic carbocycles. The standard InChI is InChI=1S/C13H18ClFN2O2S/c1-8-5-13(11(14)7-12(8)15)20(18,19)17-4-3-10(16)6-9(17)2/h5,7,9-10H,3-4,6,16H2,1-2H3/t9-,10+/m0/s1. The first-order valence-corrected chi connectivity index (χ1v) is 8.28. The van der Waals surface area contributed by atoms with Crippen LogP contribution in [0.1, 0.15) is 25.3 Å². The Morgan fingerprint density at radius 3 is 2.70 bits per heavy atom. The van der Waals surface area contributed by atoms with Gasteiger partial charge in [-0.3, -0.25) is 0 Å². The topological polar surface area (TPSA) is 63.4 Å². The van der Waals surface area contributed by atoms with E-state index >= 15 is 0 Å². The van der Waals surface area contributed by atoms with E-state index < -0.39 is 15.8 Å². The molecule has 1 saturated heterocycles. The van der Waals surface area contributed by atoms with Crippen LogP contribution < -0.4 is 5.73 Å². The number of sulfonamides is 1. The molecule has 2 rings (SSSR count). The van der Waals surface area contributed by atoms with E-state index in [0.717, 1.165) is 6.07 Å². The van der Waals surface area contributed by atoms with Gasteiger partial charge >= 0.3 is 0 Å². The van der Waals surface area contributed by atoms with Gasteiger partial charge in [-0.15, -0.1) is 0 Å². The van der Waals surface area contributed by atoms with Gasteiger partial charge in [-0.25, -0.2) is 12.8 Å². The van der Waals surface area contributed by atoms with Crippen LogP contribution in [0.3, 0.4) is 0 Å². The number of rotatable bonds is 2. The molecule has 1 fully saturated rings. The van der Waals surface area contributed by atoms with Crippen LogP contribution in [-0.4, -0.2) is 31.4 Å². The zero-order valence-corrected chi connectivity index (χ0v) is 13.0. The van der Waals surface area contributed by atoms with Crippen LogP contribution in [0.2, 0.25) is 5.02 Å². The van der Waals surface area contributed by atoms with E-state index in [1.807, 2.05) is 6.92 Å². The molecule has 2 atom stereocenters. The molecule has 2 N–H and O–H groups in total. The van der Waals surface area contributed by atoms with Crippen LogP contribution in [0.5, 0.6) is 0 Å². The molecule has 20 heavy (non-hydrogen) atoms. The normalized spacial score (nSPS) is 24.9. The maximum atomic E-state index is 13.4. The second-order valence-electron chi connectivity index (χ2n) is 5.28. The minimum Gasteiger partial charge on any atom is -0.328 e. The number of nitrogens with zero attached hydrogens (tertiary/aromatic N) is 1. The van der Waals surface area contributed by atoms with E-state index in [1.54, 1.807) is 0 Å². The Bertz CT molecular complexity index is 621. The third-order valence-electron chi connectivity index (χ3n) is 3.66. The number of piperidine rings is 1. The highest BCUT2D eigenvalue weighted by atomic mass is 35.5. The van der Waals surface area contributed by atoms with E-state index in [0.29, 0.717) is 19.4 Å². The number of nitrogens with two attached hydrogens (primary N) is 1. The van der Waals surface area contributed by atoms with Crippen LogP contribution in [-0.2, 0) is 10.0 Å². The Balaban J connectivity index is 2.43. The maximum Gasteiger partial charge on any atom is 0.244 e. The van der Waals surface area contributed by atoms with E-state index in [4.69, 9.17) is 17.3 Å². The summed E-state index contributed by atoms with van der Waals surface area (Å²) >= 11 is 5.91. The molecule has 0 spiro atoms. The average Bonchev–Trinajstić information content (AvgIpc) is 2.33.